The summed E-state index contributed by atoms with van der Waals surface area (Å²) in [6.45, 7) is 9.49. The van der Waals surface area contributed by atoms with Crippen molar-refractivity contribution in [1.82, 2.24) is 15.3 Å². The van der Waals surface area contributed by atoms with Gasteiger partial charge in [0.25, 0.3) is 0 Å². The van der Waals surface area contributed by atoms with Crippen molar-refractivity contribution < 1.29 is 0 Å². The van der Waals surface area contributed by atoms with Crippen LogP contribution in [0.4, 0.5) is 5.82 Å². The summed E-state index contributed by atoms with van der Waals surface area (Å²) in [5, 5.41) is 3.35. The SMILES string of the molecule is CCCNCc1cncc(N(C)CCC(C)C)n1. The van der Waals surface area contributed by atoms with Gasteiger partial charge in [0.15, 0.2) is 0 Å². The maximum absolute atomic E-state index is 4.62. The molecule has 0 aliphatic heterocycles. The van der Waals surface area contributed by atoms with Crippen LogP contribution in [0.5, 0.6) is 0 Å². The van der Waals surface area contributed by atoms with Crippen molar-refractivity contribution >= 4 is 5.82 Å². The van der Waals surface area contributed by atoms with Crippen molar-refractivity contribution in [2.75, 3.05) is 25.0 Å². The monoisotopic (exact) mass is 250 g/mol. The number of nitrogens with zero attached hydrogens (tertiary/aromatic N) is 3. The zero-order chi connectivity index (χ0) is 13.4. The maximum Gasteiger partial charge on any atom is 0.147 e. The second-order valence-electron chi connectivity index (χ2n) is 5.15. The van der Waals surface area contributed by atoms with Crippen molar-refractivity contribution in [1.29, 1.82) is 0 Å². The van der Waals surface area contributed by atoms with E-state index < -0.39 is 0 Å². The fourth-order valence-corrected chi connectivity index (χ4v) is 1.62. The van der Waals surface area contributed by atoms with E-state index >= 15 is 0 Å². The van der Waals surface area contributed by atoms with Crippen LogP contribution in [0, 0.1) is 5.92 Å². The zero-order valence-electron chi connectivity index (χ0n) is 12.1. The molecule has 0 saturated heterocycles. The van der Waals surface area contributed by atoms with Gasteiger partial charge in [0.05, 0.1) is 11.9 Å². The normalized spacial score (nSPS) is 10.9. The Balaban J connectivity index is 2.52. The van der Waals surface area contributed by atoms with Crippen LogP contribution in [0.25, 0.3) is 0 Å². The summed E-state index contributed by atoms with van der Waals surface area (Å²) in [7, 11) is 2.08. The Labute approximate surface area is 111 Å². The highest BCUT2D eigenvalue weighted by molar-refractivity contribution is 5.34. The van der Waals surface area contributed by atoms with Gasteiger partial charge in [-0.25, -0.2) is 4.98 Å². The molecule has 102 valence electrons. The molecule has 18 heavy (non-hydrogen) atoms. The van der Waals surface area contributed by atoms with E-state index in [0.717, 1.165) is 43.5 Å². The first-order valence-corrected chi connectivity index (χ1v) is 6.86. The van der Waals surface area contributed by atoms with Crippen LogP contribution in [-0.4, -0.2) is 30.1 Å². The van der Waals surface area contributed by atoms with Crippen molar-refractivity contribution in [3.05, 3.63) is 18.1 Å². The lowest BCUT2D eigenvalue weighted by Crippen LogP contribution is -2.22. The van der Waals surface area contributed by atoms with Gasteiger partial charge < -0.3 is 10.2 Å². The smallest absolute Gasteiger partial charge is 0.147 e. The van der Waals surface area contributed by atoms with Gasteiger partial charge in [0.2, 0.25) is 0 Å². The molecule has 0 aliphatic rings. The Morgan fingerprint density at radius 1 is 1.33 bits per heavy atom. The summed E-state index contributed by atoms with van der Waals surface area (Å²) in [5.41, 5.74) is 1.01. The molecule has 1 N–H and O–H groups in total. The van der Waals surface area contributed by atoms with E-state index in [4.69, 9.17) is 0 Å². The van der Waals surface area contributed by atoms with Gasteiger partial charge in [-0.1, -0.05) is 20.8 Å². The molecule has 1 aromatic heterocycles. The first kappa shape index (κ1) is 14.9. The van der Waals surface area contributed by atoms with Crippen LogP contribution < -0.4 is 10.2 Å². The molecular formula is C14H26N4. The molecule has 0 fully saturated rings. The molecule has 0 unspecified atom stereocenters. The molecule has 1 aromatic rings. The summed E-state index contributed by atoms with van der Waals surface area (Å²) >= 11 is 0. The third-order valence-corrected chi connectivity index (χ3v) is 2.84. The van der Waals surface area contributed by atoms with E-state index in [2.05, 4.69) is 48.0 Å². The van der Waals surface area contributed by atoms with Gasteiger partial charge in [-0.3, -0.25) is 4.98 Å². The van der Waals surface area contributed by atoms with Gasteiger partial charge in [0.1, 0.15) is 5.82 Å². The first-order chi connectivity index (χ1) is 8.63. The average molecular weight is 250 g/mol. The summed E-state index contributed by atoms with van der Waals surface area (Å²) in [5.74, 6) is 1.68. The Bertz CT molecular complexity index is 338. The maximum atomic E-state index is 4.62. The van der Waals surface area contributed by atoms with E-state index in [1.54, 1.807) is 0 Å². The molecular weight excluding hydrogens is 224 g/mol. The minimum absolute atomic E-state index is 0.717. The highest BCUT2D eigenvalue weighted by atomic mass is 15.2. The van der Waals surface area contributed by atoms with E-state index in [-0.39, 0.29) is 0 Å². The molecule has 0 atom stereocenters. The number of anilines is 1. The van der Waals surface area contributed by atoms with Gasteiger partial charge in [-0.2, -0.15) is 0 Å². The van der Waals surface area contributed by atoms with Crippen LogP contribution in [0.15, 0.2) is 12.4 Å². The van der Waals surface area contributed by atoms with Crippen molar-refractivity contribution in [2.45, 2.75) is 40.2 Å². The van der Waals surface area contributed by atoms with Crippen LogP contribution >= 0.6 is 0 Å². The summed E-state index contributed by atoms with van der Waals surface area (Å²) in [6, 6.07) is 0. The first-order valence-electron chi connectivity index (χ1n) is 6.86. The molecule has 0 radical (unpaired) electrons. The highest BCUT2D eigenvalue weighted by Gasteiger charge is 2.05. The number of hydrogen-bond donors (Lipinski definition) is 1. The van der Waals surface area contributed by atoms with Crippen LogP contribution in [0.1, 0.15) is 39.3 Å². The van der Waals surface area contributed by atoms with E-state index in [1.165, 1.54) is 6.42 Å². The van der Waals surface area contributed by atoms with Crippen molar-refractivity contribution in [3.63, 3.8) is 0 Å². The predicted octanol–water partition coefficient (Wildman–Crippen LogP) is 2.46. The van der Waals surface area contributed by atoms with Gasteiger partial charge in [-0.15, -0.1) is 0 Å². The topological polar surface area (TPSA) is 41.1 Å². The van der Waals surface area contributed by atoms with E-state index in [9.17, 15) is 0 Å². The zero-order valence-corrected chi connectivity index (χ0v) is 12.1. The number of aromatic nitrogens is 2. The van der Waals surface area contributed by atoms with Crippen LogP contribution in [0.2, 0.25) is 0 Å². The molecule has 0 saturated carbocycles. The Morgan fingerprint density at radius 3 is 2.78 bits per heavy atom. The second-order valence-corrected chi connectivity index (χ2v) is 5.15. The Kier molecular flexibility index (Phi) is 6.65. The summed E-state index contributed by atoms with van der Waals surface area (Å²) in [4.78, 5) is 11.1. The number of rotatable bonds is 8. The molecule has 1 rings (SSSR count). The average Bonchev–Trinajstić information content (AvgIpc) is 2.36. The van der Waals surface area contributed by atoms with Gasteiger partial charge in [-0.05, 0) is 25.3 Å². The van der Waals surface area contributed by atoms with Crippen LogP contribution in [-0.2, 0) is 6.54 Å². The molecule has 0 spiro atoms. The van der Waals surface area contributed by atoms with E-state index in [1.807, 2.05) is 12.4 Å². The standard InChI is InChI=1S/C14H26N4/c1-5-7-15-9-13-10-16-11-14(17-13)18(4)8-6-12(2)3/h10-12,15H,5-9H2,1-4H3. The summed E-state index contributed by atoms with van der Waals surface area (Å²) < 4.78 is 0. The second kappa shape index (κ2) is 8.03. The lowest BCUT2D eigenvalue weighted by molar-refractivity contribution is 0.582. The molecule has 0 aliphatic carbocycles. The lowest BCUT2D eigenvalue weighted by Gasteiger charge is -2.19. The quantitative estimate of drug-likeness (QED) is 0.720. The van der Waals surface area contributed by atoms with Gasteiger partial charge >= 0.3 is 0 Å². The fraction of sp³-hybridized carbons (Fsp3) is 0.714. The predicted molar refractivity (Wildman–Crippen MR) is 76.8 cm³/mol. The van der Waals surface area contributed by atoms with Crippen LogP contribution in [0.3, 0.4) is 0 Å². The fourth-order valence-electron chi connectivity index (χ4n) is 1.62. The highest BCUT2D eigenvalue weighted by Crippen LogP contribution is 2.10. The molecule has 0 amide bonds. The molecule has 4 nitrogen and oxygen atoms in total. The minimum atomic E-state index is 0.717. The summed E-state index contributed by atoms with van der Waals surface area (Å²) in [6.07, 6.45) is 5.99. The molecule has 0 aromatic carbocycles. The minimum Gasteiger partial charge on any atom is -0.358 e. The van der Waals surface area contributed by atoms with Gasteiger partial charge in [0, 0.05) is 26.3 Å². The van der Waals surface area contributed by atoms with Crippen molar-refractivity contribution in [3.8, 4) is 0 Å². The third kappa shape index (κ3) is 5.45. The molecule has 1 heterocycles. The van der Waals surface area contributed by atoms with E-state index in [0.29, 0.717) is 0 Å². The number of hydrogen-bond acceptors (Lipinski definition) is 4. The molecule has 4 heteroatoms. The number of nitrogens with one attached hydrogen (secondary N) is 1. The van der Waals surface area contributed by atoms with Crippen molar-refractivity contribution in [2.24, 2.45) is 5.92 Å². The molecule has 0 bridgehead atoms. The Morgan fingerprint density at radius 2 is 2.11 bits per heavy atom. The lowest BCUT2D eigenvalue weighted by atomic mass is 10.1. The Hall–Kier alpha value is -1.16. The third-order valence-electron chi connectivity index (χ3n) is 2.84. The largest absolute Gasteiger partial charge is 0.358 e.